The number of carbonyl (C=O) groups excluding carboxylic acids is 2. The van der Waals surface area contributed by atoms with E-state index in [1.54, 1.807) is 37.4 Å². The Balaban J connectivity index is 2.11. The zero-order valence-corrected chi connectivity index (χ0v) is 16.2. The number of anilines is 1. The first-order chi connectivity index (χ1) is 12.5. The lowest BCUT2D eigenvalue weighted by Gasteiger charge is -2.21. The fourth-order valence-electron chi connectivity index (χ4n) is 2.40. The number of hydrogen-bond acceptors (Lipinski definition) is 5. The fourth-order valence-corrected chi connectivity index (χ4v) is 3.02. The SMILES string of the molecule is CCOc1ccc(NC(=O)C(NC(=O)c2cccs2)C(C)C)cc1OC. The summed E-state index contributed by atoms with van der Waals surface area (Å²) in [5.41, 5.74) is 0.575. The van der Waals surface area contributed by atoms with Crippen molar-refractivity contribution in [1.29, 1.82) is 0 Å². The Bertz CT molecular complexity index is 744. The van der Waals surface area contributed by atoms with Crippen molar-refractivity contribution in [3.05, 3.63) is 40.6 Å². The van der Waals surface area contributed by atoms with Gasteiger partial charge in [0.15, 0.2) is 11.5 Å². The lowest BCUT2D eigenvalue weighted by molar-refractivity contribution is -0.118. The first-order valence-corrected chi connectivity index (χ1v) is 9.30. The molecule has 2 N–H and O–H groups in total. The van der Waals surface area contributed by atoms with E-state index in [9.17, 15) is 9.59 Å². The minimum atomic E-state index is -0.651. The number of nitrogens with one attached hydrogen (secondary N) is 2. The molecular formula is C19H24N2O4S. The van der Waals surface area contributed by atoms with Crippen LogP contribution in [0.1, 0.15) is 30.4 Å². The Kier molecular flexibility index (Phi) is 7.03. The molecule has 0 saturated carbocycles. The molecule has 26 heavy (non-hydrogen) atoms. The van der Waals surface area contributed by atoms with Gasteiger partial charge in [-0.3, -0.25) is 9.59 Å². The lowest BCUT2D eigenvalue weighted by Crippen LogP contribution is -2.46. The molecule has 2 aromatic rings. The molecule has 1 aromatic heterocycles. The summed E-state index contributed by atoms with van der Waals surface area (Å²) in [6.07, 6.45) is 0. The molecular weight excluding hydrogens is 352 g/mol. The summed E-state index contributed by atoms with van der Waals surface area (Å²) in [6.45, 7) is 6.18. The van der Waals surface area contributed by atoms with Crippen LogP contribution in [0.5, 0.6) is 11.5 Å². The van der Waals surface area contributed by atoms with Crippen LogP contribution in [-0.4, -0.2) is 31.6 Å². The highest BCUT2D eigenvalue weighted by Crippen LogP contribution is 2.30. The molecule has 1 atom stereocenters. The zero-order chi connectivity index (χ0) is 19.1. The Morgan fingerprint density at radius 1 is 1.19 bits per heavy atom. The highest BCUT2D eigenvalue weighted by Gasteiger charge is 2.25. The quantitative estimate of drug-likeness (QED) is 0.739. The monoisotopic (exact) mass is 376 g/mol. The third-order valence-electron chi connectivity index (χ3n) is 3.71. The number of amides is 2. The first kappa shape index (κ1) is 19.8. The molecule has 0 aliphatic heterocycles. The summed E-state index contributed by atoms with van der Waals surface area (Å²) in [7, 11) is 1.54. The maximum absolute atomic E-state index is 12.7. The van der Waals surface area contributed by atoms with Crippen molar-refractivity contribution in [1.82, 2.24) is 5.32 Å². The number of carbonyl (C=O) groups is 2. The Morgan fingerprint density at radius 3 is 2.54 bits per heavy atom. The van der Waals surface area contributed by atoms with Crippen molar-refractivity contribution in [2.75, 3.05) is 19.0 Å². The molecule has 0 aliphatic carbocycles. The van der Waals surface area contributed by atoms with Crippen LogP contribution in [0.3, 0.4) is 0 Å². The Morgan fingerprint density at radius 2 is 1.96 bits per heavy atom. The summed E-state index contributed by atoms with van der Waals surface area (Å²) in [6, 6.07) is 8.06. The average Bonchev–Trinajstić information content (AvgIpc) is 3.15. The van der Waals surface area contributed by atoms with Gasteiger partial charge in [0.2, 0.25) is 5.91 Å². The second-order valence-corrected chi connectivity index (χ2v) is 6.91. The number of ether oxygens (including phenoxy) is 2. The molecule has 0 bridgehead atoms. The predicted octanol–water partition coefficient (Wildman–Crippen LogP) is 3.55. The normalized spacial score (nSPS) is 11.7. The summed E-state index contributed by atoms with van der Waals surface area (Å²) < 4.78 is 10.8. The first-order valence-electron chi connectivity index (χ1n) is 8.42. The molecule has 2 rings (SSSR count). The minimum absolute atomic E-state index is 0.0662. The van der Waals surface area contributed by atoms with Gasteiger partial charge in [-0.05, 0) is 36.4 Å². The topological polar surface area (TPSA) is 76.7 Å². The molecule has 6 nitrogen and oxygen atoms in total. The van der Waals surface area contributed by atoms with E-state index in [1.165, 1.54) is 11.3 Å². The molecule has 1 heterocycles. The van der Waals surface area contributed by atoms with Crippen LogP contribution in [-0.2, 0) is 4.79 Å². The van der Waals surface area contributed by atoms with E-state index in [4.69, 9.17) is 9.47 Å². The second kappa shape index (κ2) is 9.24. The number of thiophene rings is 1. The Hall–Kier alpha value is -2.54. The van der Waals surface area contributed by atoms with Crippen molar-refractivity contribution in [2.24, 2.45) is 5.92 Å². The van der Waals surface area contributed by atoms with Crippen molar-refractivity contribution in [2.45, 2.75) is 26.8 Å². The average molecular weight is 376 g/mol. The van der Waals surface area contributed by atoms with Crippen LogP contribution in [0, 0.1) is 5.92 Å². The Labute approximate surface area is 157 Å². The maximum Gasteiger partial charge on any atom is 0.262 e. The molecule has 7 heteroatoms. The molecule has 1 unspecified atom stereocenters. The van der Waals surface area contributed by atoms with Crippen LogP contribution in [0.4, 0.5) is 5.69 Å². The van der Waals surface area contributed by atoms with Crippen LogP contribution >= 0.6 is 11.3 Å². The van der Waals surface area contributed by atoms with E-state index in [0.29, 0.717) is 28.7 Å². The molecule has 1 aromatic carbocycles. The van der Waals surface area contributed by atoms with Crippen LogP contribution < -0.4 is 20.1 Å². The fraction of sp³-hybridized carbons (Fsp3) is 0.368. The van der Waals surface area contributed by atoms with Crippen LogP contribution in [0.2, 0.25) is 0 Å². The van der Waals surface area contributed by atoms with Gasteiger partial charge in [-0.15, -0.1) is 11.3 Å². The van der Waals surface area contributed by atoms with Gasteiger partial charge in [-0.2, -0.15) is 0 Å². The van der Waals surface area contributed by atoms with Gasteiger partial charge < -0.3 is 20.1 Å². The van der Waals surface area contributed by atoms with Gasteiger partial charge in [0.05, 0.1) is 18.6 Å². The molecule has 2 amide bonds. The van der Waals surface area contributed by atoms with Gasteiger partial charge in [0.25, 0.3) is 5.91 Å². The third kappa shape index (κ3) is 4.98. The predicted molar refractivity (Wildman–Crippen MR) is 103 cm³/mol. The molecule has 0 aliphatic rings. The highest BCUT2D eigenvalue weighted by atomic mass is 32.1. The van der Waals surface area contributed by atoms with E-state index in [-0.39, 0.29) is 17.7 Å². The van der Waals surface area contributed by atoms with Crippen molar-refractivity contribution < 1.29 is 19.1 Å². The summed E-state index contributed by atoms with van der Waals surface area (Å²) in [5, 5.41) is 7.46. The second-order valence-electron chi connectivity index (χ2n) is 5.96. The standard InChI is InChI=1S/C19H24N2O4S/c1-5-25-14-9-8-13(11-15(14)24-4)20-19(23)17(12(2)3)21-18(22)16-7-6-10-26-16/h6-12,17H,5H2,1-4H3,(H,20,23)(H,21,22). The van der Waals surface area contributed by atoms with E-state index in [0.717, 1.165) is 0 Å². The number of methoxy groups -OCH3 is 1. The lowest BCUT2D eigenvalue weighted by atomic mass is 10.0. The number of benzene rings is 1. The van der Waals surface area contributed by atoms with Crippen molar-refractivity contribution in [3.8, 4) is 11.5 Å². The number of rotatable bonds is 8. The molecule has 0 saturated heterocycles. The van der Waals surface area contributed by atoms with Gasteiger partial charge in [-0.25, -0.2) is 0 Å². The van der Waals surface area contributed by atoms with Crippen LogP contribution in [0.25, 0.3) is 0 Å². The molecule has 0 spiro atoms. The summed E-state index contributed by atoms with van der Waals surface area (Å²) in [5.74, 6) is 0.547. The third-order valence-corrected chi connectivity index (χ3v) is 4.58. The zero-order valence-electron chi connectivity index (χ0n) is 15.4. The van der Waals surface area contributed by atoms with Gasteiger partial charge in [0.1, 0.15) is 6.04 Å². The molecule has 0 fully saturated rings. The summed E-state index contributed by atoms with van der Waals surface area (Å²) in [4.78, 5) is 25.5. The summed E-state index contributed by atoms with van der Waals surface area (Å²) >= 11 is 1.34. The van der Waals surface area contributed by atoms with Crippen molar-refractivity contribution >= 4 is 28.8 Å². The van der Waals surface area contributed by atoms with Gasteiger partial charge in [0, 0.05) is 11.8 Å². The maximum atomic E-state index is 12.7. The largest absolute Gasteiger partial charge is 0.493 e. The van der Waals surface area contributed by atoms with Crippen LogP contribution in [0.15, 0.2) is 35.7 Å². The van der Waals surface area contributed by atoms with E-state index in [1.807, 2.05) is 26.2 Å². The van der Waals surface area contributed by atoms with E-state index < -0.39 is 6.04 Å². The smallest absolute Gasteiger partial charge is 0.262 e. The molecule has 0 radical (unpaired) electrons. The van der Waals surface area contributed by atoms with Gasteiger partial charge >= 0.3 is 0 Å². The minimum Gasteiger partial charge on any atom is -0.493 e. The van der Waals surface area contributed by atoms with E-state index >= 15 is 0 Å². The van der Waals surface area contributed by atoms with Crippen molar-refractivity contribution in [3.63, 3.8) is 0 Å². The molecule has 140 valence electrons. The van der Waals surface area contributed by atoms with Gasteiger partial charge in [-0.1, -0.05) is 19.9 Å². The van der Waals surface area contributed by atoms with E-state index in [2.05, 4.69) is 10.6 Å². The highest BCUT2D eigenvalue weighted by molar-refractivity contribution is 7.12. The number of hydrogen-bond donors (Lipinski definition) is 2.